The van der Waals surface area contributed by atoms with Crippen molar-refractivity contribution in [2.24, 2.45) is 0 Å². The number of rotatable bonds is 5. The highest BCUT2D eigenvalue weighted by Gasteiger charge is 2.36. The first-order valence-electron chi connectivity index (χ1n) is 14.4. The fourth-order valence-electron chi connectivity index (χ4n) is 5.80. The third-order valence-electron chi connectivity index (χ3n) is 8.16. The molecule has 4 heterocycles. The molecule has 0 saturated carbocycles. The van der Waals surface area contributed by atoms with Crippen LogP contribution in [0.1, 0.15) is 43.6 Å². The number of likely N-dealkylation sites (N-methyl/N-ethyl adjacent to an activating group) is 1. The molecule has 0 aliphatic carbocycles. The molecule has 0 spiro atoms. The van der Waals surface area contributed by atoms with E-state index in [-0.39, 0.29) is 35.5 Å². The van der Waals surface area contributed by atoms with Crippen LogP contribution >= 0.6 is 0 Å². The highest BCUT2D eigenvalue weighted by molar-refractivity contribution is 6.07. The van der Waals surface area contributed by atoms with Crippen molar-refractivity contribution in [1.29, 1.82) is 0 Å². The highest BCUT2D eigenvalue weighted by atomic mass is 19.4. The van der Waals surface area contributed by atoms with Gasteiger partial charge < -0.3 is 24.8 Å². The predicted molar refractivity (Wildman–Crippen MR) is 159 cm³/mol. The lowest BCUT2D eigenvalue weighted by atomic mass is 10.0. The molecule has 2 saturated heterocycles. The van der Waals surface area contributed by atoms with Crippen molar-refractivity contribution in [3.63, 3.8) is 0 Å². The molecule has 1 amide bonds. The van der Waals surface area contributed by atoms with E-state index in [1.54, 1.807) is 0 Å². The molecule has 2 N–H and O–H groups in total. The molecule has 2 aliphatic heterocycles. The van der Waals surface area contributed by atoms with Gasteiger partial charge in [-0.15, -0.1) is 0 Å². The summed E-state index contributed by atoms with van der Waals surface area (Å²) in [7, 11) is 1.98. The van der Waals surface area contributed by atoms with Gasteiger partial charge >= 0.3 is 6.18 Å². The number of nitrogens with one attached hydrogen (secondary N) is 2. The molecule has 44 heavy (non-hydrogen) atoms. The van der Waals surface area contributed by atoms with E-state index in [0.29, 0.717) is 49.4 Å². The van der Waals surface area contributed by atoms with Crippen LogP contribution in [0, 0.1) is 5.82 Å². The third-order valence-corrected chi connectivity index (χ3v) is 8.16. The fraction of sp³-hybridized carbons (Fsp3) is 0.467. The molecule has 3 aromatic rings. The molecule has 2 fully saturated rings. The lowest BCUT2D eigenvalue weighted by Gasteiger charge is -2.44. The molecule has 0 radical (unpaired) electrons. The van der Waals surface area contributed by atoms with Crippen molar-refractivity contribution < 1.29 is 27.1 Å². The van der Waals surface area contributed by atoms with Gasteiger partial charge in [0.2, 0.25) is 11.5 Å². The molecule has 0 bridgehead atoms. The molecule has 1 aromatic carbocycles. The SMILES string of the molecule is C[C@@H]1CN(c2ncc(-c3cc(NC(=O)c4c[nH]c(=O)cc4C(F)(F)F)c(N4C[C@@H](C)N(C)[C@H](C)C4)cc3F)cn2)C[C@H](C)O1. The molecule has 4 atom stereocenters. The van der Waals surface area contributed by atoms with Crippen LogP contribution in [0.5, 0.6) is 0 Å². The van der Waals surface area contributed by atoms with Gasteiger partial charge in [-0.2, -0.15) is 13.2 Å². The van der Waals surface area contributed by atoms with Crippen LogP contribution in [-0.2, 0) is 10.9 Å². The zero-order chi connectivity index (χ0) is 31.9. The van der Waals surface area contributed by atoms with E-state index >= 15 is 4.39 Å². The van der Waals surface area contributed by atoms with E-state index in [0.717, 1.165) is 6.20 Å². The van der Waals surface area contributed by atoms with E-state index in [2.05, 4.69) is 25.2 Å². The second kappa shape index (κ2) is 12.2. The number of alkyl halides is 3. The normalized spacial score (nSPS) is 23.1. The summed E-state index contributed by atoms with van der Waals surface area (Å²) >= 11 is 0. The summed E-state index contributed by atoms with van der Waals surface area (Å²) < 4.78 is 62.8. The number of piperazine rings is 1. The Balaban J connectivity index is 1.54. The summed E-state index contributed by atoms with van der Waals surface area (Å²) in [5, 5.41) is 2.56. The number of carbonyl (C=O) groups excluding carboxylic acids is 1. The number of aromatic nitrogens is 3. The number of morpholine rings is 1. The summed E-state index contributed by atoms with van der Waals surface area (Å²) in [5.74, 6) is -1.26. The average molecular weight is 618 g/mol. The fourth-order valence-corrected chi connectivity index (χ4v) is 5.80. The van der Waals surface area contributed by atoms with Crippen LogP contribution in [0.3, 0.4) is 0 Å². The smallest absolute Gasteiger partial charge is 0.372 e. The number of aromatic amines is 1. The first kappa shape index (κ1) is 31.4. The largest absolute Gasteiger partial charge is 0.417 e. The van der Waals surface area contributed by atoms with E-state index in [1.165, 1.54) is 24.5 Å². The lowest BCUT2D eigenvalue weighted by molar-refractivity contribution is -0.138. The number of amides is 1. The van der Waals surface area contributed by atoms with Gasteiger partial charge in [0.25, 0.3) is 5.91 Å². The molecular weight excluding hydrogens is 582 g/mol. The van der Waals surface area contributed by atoms with Crippen LogP contribution in [0.25, 0.3) is 11.1 Å². The minimum atomic E-state index is -4.95. The van der Waals surface area contributed by atoms with E-state index in [1.807, 2.05) is 44.5 Å². The standard InChI is InChI=1S/C30H35F4N7O3/c1-16-12-40(13-17(2)39(16)5)26-8-24(31)21(20-9-36-29(37-10-20)41-14-18(3)44-19(4)15-41)6-25(26)38-28(43)22-11-35-27(42)7-23(22)30(32,33)34/h6-11,16-19H,12-15H2,1-5H3,(H,35,42)(H,38,43)/t16-,17-,18-,19+/m1/s1. The third kappa shape index (κ3) is 6.55. The monoisotopic (exact) mass is 617 g/mol. The van der Waals surface area contributed by atoms with Gasteiger partial charge in [0.1, 0.15) is 5.82 Å². The Morgan fingerprint density at radius 2 is 1.59 bits per heavy atom. The number of hydrogen-bond donors (Lipinski definition) is 2. The van der Waals surface area contributed by atoms with Crippen molar-refractivity contribution in [3.05, 3.63) is 64.1 Å². The molecule has 14 heteroatoms. The van der Waals surface area contributed by atoms with Crippen molar-refractivity contribution in [3.8, 4) is 11.1 Å². The van der Waals surface area contributed by atoms with Crippen LogP contribution in [-0.4, -0.2) is 83.3 Å². The Hall–Kier alpha value is -4.04. The van der Waals surface area contributed by atoms with Crippen molar-refractivity contribution in [2.45, 2.75) is 58.2 Å². The maximum atomic E-state index is 15.8. The zero-order valence-corrected chi connectivity index (χ0v) is 25.1. The molecule has 5 rings (SSSR count). The van der Waals surface area contributed by atoms with Gasteiger partial charge in [-0.25, -0.2) is 14.4 Å². The van der Waals surface area contributed by atoms with Crippen LogP contribution < -0.4 is 20.7 Å². The van der Waals surface area contributed by atoms with Gasteiger partial charge in [0.15, 0.2) is 0 Å². The van der Waals surface area contributed by atoms with Gasteiger partial charge in [-0.3, -0.25) is 14.5 Å². The number of pyridine rings is 1. The van der Waals surface area contributed by atoms with Crippen LogP contribution in [0.4, 0.5) is 34.9 Å². The van der Waals surface area contributed by atoms with Crippen LogP contribution in [0.2, 0.25) is 0 Å². The summed E-state index contributed by atoms with van der Waals surface area (Å²) in [4.78, 5) is 42.0. The topological polar surface area (TPSA) is 107 Å². The number of ether oxygens (including phenoxy) is 1. The second-order valence-electron chi connectivity index (χ2n) is 11.6. The van der Waals surface area contributed by atoms with Gasteiger partial charge in [-0.05, 0) is 46.9 Å². The van der Waals surface area contributed by atoms with Crippen LogP contribution in [0.15, 0.2) is 41.6 Å². The number of nitrogens with zero attached hydrogens (tertiary/aromatic N) is 5. The average Bonchev–Trinajstić information content (AvgIpc) is 2.95. The number of hydrogen-bond acceptors (Lipinski definition) is 8. The molecule has 0 unspecified atom stereocenters. The number of H-pyrrole nitrogens is 1. The quantitative estimate of drug-likeness (QED) is 0.407. The second-order valence-corrected chi connectivity index (χ2v) is 11.6. The minimum Gasteiger partial charge on any atom is -0.372 e. The van der Waals surface area contributed by atoms with Gasteiger partial charge in [0.05, 0.1) is 34.7 Å². The first-order valence-corrected chi connectivity index (χ1v) is 14.4. The molecule has 10 nitrogen and oxygen atoms in total. The number of carbonyl (C=O) groups is 1. The minimum absolute atomic E-state index is 0.0153. The Labute approximate surface area is 252 Å². The van der Waals surface area contributed by atoms with E-state index in [4.69, 9.17) is 4.74 Å². The Morgan fingerprint density at radius 1 is 0.977 bits per heavy atom. The van der Waals surface area contributed by atoms with Crippen molar-refractivity contribution >= 4 is 23.2 Å². The zero-order valence-electron chi connectivity index (χ0n) is 25.1. The first-order chi connectivity index (χ1) is 20.7. The lowest BCUT2D eigenvalue weighted by Crippen LogP contribution is -2.55. The Bertz CT molecular complexity index is 1560. The Morgan fingerprint density at radius 3 is 2.18 bits per heavy atom. The summed E-state index contributed by atoms with van der Waals surface area (Å²) in [6, 6.07) is 3.14. The Kier molecular flexibility index (Phi) is 8.67. The maximum absolute atomic E-state index is 15.8. The molecular formula is C30H35F4N7O3. The van der Waals surface area contributed by atoms with Gasteiger partial charge in [-0.1, -0.05) is 0 Å². The molecule has 236 valence electrons. The highest BCUT2D eigenvalue weighted by Crippen LogP contribution is 2.37. The maximum Gasteiger partial charge on any atom is 0.417 e. The summed E-state index contributed by atoms with van der Waals surface area (Å²) in [5.41, 5.74) is -2.33. The van der Waals surface area contributed by atoms with Crippen molar-refractivity contribution in [2.75, 3.05) is 48.3 Å². The summed E-state index contributed by atoms with van der Waals surface area (Å²) in [6.07, 6.45) is -1.31. The van der Waals surface area contributed by atoms with Crippen molar-refractivity contribution in [1.82, 2.24) is 19.9 Å². The number of benzene rings is 1. The predicted octanol–water partition coefficient (Wildman–Crippen LogP) is 4.38. The number of halogens is 4. The molecule has 2 aliphatic rings. The molecule has 2 aromatic heterocycles. The van der Waals surface area contributed by atoms with E-state index < -0.39 is 34.6 Å². The van der Waals surface area contributed by atoms with Gasteiger partial charge in [0, 0.05) is 74.0 Å². The number of anilines is 3. The van der Waals surface area contributed by atoms with E-state index in [9.17, 15) is 22.8 Å². The summed E-state index contributed by atoms with van der Waals surface area (Å²) in [6.45, 7) is 10.1.